The van der Waals surface area contributed by atoms with Gasteiger partial charge in [0.1, 0.15) is 0 Å². The van der Waals surface area contributed by atoms with Gasteiger partial charge in [-0.3, -0.25) is 0 Å². The Bertz CT molecular complexity index is 552. The van der Waals surface area contributed by atoms with Crippen LogP contribution < -0.4 is 5.32 Å². The van der Waals surface area contributed by atoms with Crippen molar-refractivity contribution in [2.75, 3.05) is 5.32 Å². The molecule has 18 heavy (non-hydrogen) atoms. The third kappa shape index (κ3) is 2.47. The number of nitrogens with one attached hydrogen (secondary N) is 1. The summed E-state index contributed by atoms with van der Waals surface area (Å²) < 4.78 is 1.09. The minimum Gasteiger partial charge on any atom is -0.359 e. The Kier molecular flexibility index (Phi) is 3.44. The first-order chi connectivity index (χ1) is 8.72. The normalized spacial score (nSPS) is 24.3. The maximum atomic E-state index is 6.18. The predicted octanol–water partition coefficient (Wildman–Crippen LogP) is 4.94. The highest BCUT2D eigenvalue weighted by Gasteiger charge is 2.19. The molecule has 1 aromatic heterocycles. The van der Waals surface area contributed by atoms with Gasteiger partial charge >= 0.3 is 0 Å². The second-order valence-corrected chi connectivity index (χ2v) is 6.63. The molecule has 96 valence electrons. The van der Waals surface area contributed by atoms with E-state index in [9.17, 15) is 0 Å². The van der Waals surface area contributed by atoms with E-state index in [1.165, 1.54) is 25.7 Å². The molecule has 1 aromatic carbocycles. The van der Waals surface area contributed by atoms with Gasteiger partial charge in [0.2, 0.25) is 0 Å². The predicted molar refractivity (Wildman–Crippen MR) is 79.7 cm³/mol. The molecule has 1 N–H and O–H groups in total. The summed E-state index contributed by atoms with van der Waals surface area (Å²) in [5.74, 6) is 0.828. The lowest BCUT2D eigenvalue weighted by Crippen LogP contribution is -2.25. The van der Waals surface area contributed by atoms with Gasteiger partial charge < -0.3 is 5.32 Å². The summed E-state index contributed by atoms with van der Waals surface area (Å²) in [6.45, 7) is 2.34. The Balaban J connectivity index is 1.80. The van der Waals surface area contributed by atoms with Gasteiger partial charge in [-0.05, 0) is 30.9 Å². The molecule has 1 heterocycles. The highest BCUT2D eigenvalue weighted by Crippen LogP contribution is 2.33. The van der Waals surface area contributed by atoms with Crippen LogP contribution in [0, 0.1) is 5.92 Å². The minimum atomic E-state index is 0.577. The molecule has 0 spiro atoms. The maximum Gasteiger partial charge on any atom is 0.184 e. The summed E-state index contributed by atoms with van der Waals surface area (Å²) in [6, 6.07) is 6.48. The molecule has 0 amide bonds. The van der Waals surface area contributed by atoms with Gasteiger partial charge in [-0.25, -0.2) is 4.98 Å². The average molecular weight is 281 g/mol. The number of hydrogen-bond donors (Lipinski definition) is 1. The minimum absolute atomic E-state index is 0.577. The van der Waals surface area contributed by atoms with E-state index in [0.717, 1.165) is 26.3 Å². The van der Waals surface area contributed by atoms with Gasteiger partial charge in [-0.2, -0.15) is 0 Å². The largest absolute Gasteiger partial charge is 0.359 e. The SMILES string of the molecule is CC1CCCC(Nc2nc3cccc(Cl)c3s2)C1. The van der Waals surface area contributed by atoms with Crippen LogP contribution in [0.3, 0.4) is 0 Å². The molecular weight excluding hydrogens is 264 g/mol. The summed E-state index contributed by atoms with van der Waals surface area (Å²) in [7, 11) is 0. The second kappa shape index (κ2) is 5.06. The van der Waals surface area contributed by atoms with E-state index in [1.54, 1.807) is 11.3 Å². The first kappa shape index (κ1) is 12.2. The Morgan fingerprint density at radius 2 is 2.28 bits per heavy atom. The van der Waals surface area contributed by atoms with Crippen molar-refractivity contribution in [2.45, 2.75) is 38.6 Å². The van der Waals surface area contributed by atoms with Crippen molar-refractivity contribution < 1.29 is 0 Å². The molecule has 0 bridgehead atoms. The molecule has 0 radical (unpaired) electrons. The molecule has 1 aliphatic rings. The molecule has 1 saturated carbocycles. The zero-order valence-electron chi connectivity index (χ0n) is 10.4. The zero-order valence-corrected chi connectivity index (χ0v) is 12.0. The quantitative estimate of drug-likeness (QED) is 0.843. The van der Waals surface area contributed by atoms with Gasteiger partial charge in [0.15, 0.2) is 5.13 Å². The molecule has 1 aliphatic carbocycles. The van der Waals surface area contributed by atoms with Crippen molar-refractivity contribution in [2.24, 2.45) is 5.92 Å². The Labute approximate surface area is 116 Å². The van der Waals surface area contributed by atoms with E-state index in [0.29, 0.717) is 6.04 Å². The highest BCUT2D eigenvalue weighted by atomic mass is 35.5. The highest BCUT2D eigenvalue weighted by molar-refractivity contribution is 7.22. The fourth-order valence-electron chi connectivity index (χ4n) is 2.72. The van der Waals surface area contributed by atoms with Crippen LogP contribution in [-0.2, 0) is 0 Å². The fourth-order valence-corrected chi connectivity index (χ4v) is 3.95. The second-order valence-electron chi connectivity index (χ2n) is 5.22. The number of benzene rings is 1. The number of fused-ring (bicyclic) bond motifs is 1. The number of thiazole rings is 1. The van der Waals surface area contributed by atoms with Gasteiger partial charge in [-0.15, -0.1) is 0 Å². The fraction of sp³-hybridized carbons (Fsp3) is 0.500. The first-order valence-corrected chi connectivity index (χ1v) is 7.73. The van der Waals surface area contributed by atoms with Crippen LogP contribution in [0.25, 0.3) is 10.2 Å². The van der Waals surface area contributed by atoms with Crippen LogP contribution in [0.2, 0.25) is 5.02 Å². The number of anilines is 1. The van der Waals surface area contributed by atoms with E-state index < -0.39 is 0 Å². The van der Waals surface area contributed by atoms with Crippen LogP contribution in [0.15, 0.2) is 18.2 Å². The molecule has 2 atom stereocenters. The van der Waals surface area contributed by atoms with Crippen molar-refractivity contribution in [1.82, 2.24) is 4.98 Å². The monoisotopic (exact) mass is 280 g/mol. The molecule has 4 heteroatoms. The molecule has 3 rings (SSSR count). The Hall–Kier alpha value is -0.800. The van der Waals surface area contributed by atoms with Crippen molar-refractivity contribution in [3.05, 3.63) is 23.2 Å². The van der Waals surface area contributed by atoms with Crippen LogP contribution in [0.5, 0.6) is 0 Å². The molecule has 2 nitrogen and oxygen atoms in total. The van der Waals surface area contributed by atoms with Gasteiger partial charge in [0.25, 0.3) is 0 Å². The van der Waals surface area contributed by atoms with E-state index in [1.807, 2.05) is 18.2 Å². The first-order valence-electron chi connectivity index (χ1n) is 6.54. The van der Waals surface area contributed by atoms with Crippen molar-refractivity contribution in [3.63, 3.8) is 0 Å². The van der Waals surface area contributed by atoms with E-state index in [-0.39, 0.29) is 0 Å². The van der Waals surface area contributed by atoms with Gasteiger partial charge in [0.05, 0.1) is 15.2 Å². The Morgan fingerprint density at radius 1 is 1.39 bits per heavy atom. The lowest BCUT2D eigenvalue weighted by atomic mass is 9.87. The number of hydrogen-bond acceptors (Lipinski definition) is 3. The summed E-state index contributed by atoms with van der Waals surface area (Å²) in [4.78, 5) is 4.62. The third-order valence-electron chi connectivity index (χ3n) is 3.63. The van der Waals surface area contributed by atoms with E-state index >= 15 is 0 Å². The average Bonchev–Trinajstić information content (AvgIpc) is 2.73. The molecule has 2 unspecified atom stereocenters. The summed E-state index contributed by atoms with van der Waals surface area (Å²) in [5, 5.41) is 5.39. The number of nitrogens with zero attached hydrogens (tertiary/aromatic N) is 1. The topological polar surface area (TPSA) is 24.9 Å². The lowest BCUT2D eigenvalue weighted by molar-refractivity contribution is 0.358. The van der Waals surface area contributed by atoms with Crippen LogP contribution in [0.4, 0.5) is 5.13 Å². The van der Waals surface area contributed by atoms with E-state index in [4.69, 9.17) is 11.6 Å². The van der Waals surface area contributed by atoms with Gasteiger partial charge in [-0.1, -0.05) is 48.8 Å². The lowest BCUT2D eigenvalue weighted by Gasteiger charge is -2.27. The summed E-state index contributed by atoms with van der Waals surface area (Å²) >= 11 is 7.84. The number of aromatic nitrogens is 1. The van der Waals surface area contributed by atoms with Crippen molar-refractivity contribution in [3.8, 4) is 0 Å². The number of halogens is 1. The van der Waals surface area contributed by atoms with Crippen LogP contribution >= 0.6 is 22.9 Å². The molecule has 2 aromatic rings. The molecule has 0 saturated heterocycles. The van der Waals surface area contributed by atoms with Crippen LogP contribution in [-0.4, -0.2) is 11.0 Å². The maximum absolute atomic E-state index is 6.18. The zero-order chi connectivity index (χ0) is 12.5. The van der Waals surface area contributed by atoms with Gasteiger partial charge in [0, 0.05) is 6.04 Å². The Morgan fingerprint density at radius 3 is 3.06 bits per heavy atom. The molecule has 1 fully saturated rings. The summed E-state index contributed by atoms with van der Waals surface area (Å²) in [6.07, 6.45) is 5.20. The molecular formula is C14H17ClN2S. The summed E-state index contributed by atoms with van der Waals surface area (Å²) in [5.41, 5.74) is 0.999. The third-order valence-corrected chi connectivity index (χ3v) is 5.09. The smallest absolute Gasteiger partial charge is 0.184 e. The van der Waals surface area contributed by atoms with Crippen LogP contribution in [0.1, 0.15) is 32.6 Å². The van der Waals surface area contributed by atoms with Crippen molar-refractivity contribution in [1.29, 1.82) is 0 Å². The van der Waals surface area contributed by atoms with E-state index in [2.05, 4.69) is 17.2 Å². The molecule has 0 aliphatic heterocycles. The standard InChI is InChI=1S/C14H17ClN2S/c1-9-4-2-5-10(8-9)16-14-17-12-7-3-6-11(15)13(12)18-14/h3,6-7,9-10H,2,4-5,8H2,1H3,(H,16,17). The number of rotatable bonds is 2. The van der Waals surface area contributed by atoms with Crippen molar-refractivity contribution >= 4 is 38.3 Å².